The number of rotatable bonds is 7. The minimum Gasteiger partial charge on any atom is -0.493 e. The van der Waals surface area contributed by atoms with Gasteiger partial charge in [0.2, 0.25) is 0 Å². The summed E-state index contributed by atoms with van der Waals surface area (Å²) in [5, 5.41) is 0.548. The van der Waals surface area contributed by atoms with Gasteiger partial charge in [-0.25, -0.2) is 9.59 Å². The lowest BCUT2D eigenvalue weighted by atomic mass is 9.90. The molecule has 2 atom stereocenters. The van der Waals surface area contributed by atoms with Crippen LogP contribution in [0.15, 0.2) is 18.2 Å². The monoisotopic (exact) mass is 400 g/mol. The van der Waals surface area contributed by atoms with Gasteiger partial charge >= 0.3 is 22.4 Å². The Balaban J connectivity index is 2.12. The summed E-state index contributed by atoms with van der Waals surface area (Å²) in [6.07, 6.45) is 0.728. The van der Waals surface area contributed by atoms with E-state index < -0.39 is 34.5 Å². The van der Waals surface area contributed by atoms with Gasteiger partial charge in [0.25, 0.3) is 0 Å². The highest BCUT2D eigenvalue weighted by molar-refractivity contribution is 7.80. The summed E-state index contributed by atoms with van der Waals surface area (Å²) in [6, 6.07) is 2.20. The fraction of sp³-hybridized carbons (Fsp3) is 0.500. The number of carbonyl (C=O) groups is 2. The zero-order valence-corrected chi connectivity index (χ0v) is 15.6. The third-order valence-electron chi connectivity index (χ3n) is 4.27. The van der Waals surface area contributed by atoms with Crippen LogP contribution in [0.2, 0.25) is 0 Å². The van der Waals surface area contributed by atoms with E-state index in [1.165, 1.54) is 0 Å². The van der Waals surface area contributed by atoms with Gasteiger partial charge in [0.1, 0.15) is 11.8 Å². The Hall–Kier alpha value is -2.37. The van der Waals surface area contributed by atoms with Crippen molar-refractivity contribution in [3.8, 4) is 5.75 Å². The van der Waals surface area contributed by atoms with E-state index in [2.05, 4.69) is 4.28 Å². The molecule has 3 rings (SSSR count). The van der Waals surface area contributed by atoms with Crippen molar-refractivity contribution in [2.45, 2.75) is 32.4 Å². The molecule has 0 spiro atoms. The van der Waals surface area contributed by atoms with E-state index in [0.29, 0.717) is 28.5 Å². The predicted octanol–water partition coefficient (Wildman–Crippen LogP) is 1.61. The summed E-state index contributed by atoms with van der Waals surface area (Å²) in [6.45, 7) is 4.06. The highest BCUT2D eigenvalue weighted by Gasteiger charge is 2.53. The van der Waals surface area contributed by atoms with Gasteiger partial charge in [-0.3, -0.25) is 4.55 Å². The van der Waals surface area contributed by atoms with Gasteiger partial charge in [0.15, 0.2) is 6.04 Å². The Morgan fingerprint density at radius 3 is 2.70 bits per heavy atom. The maximum Gasteiger partial charge on any atom is 0.418 e. The van der Waals surface area contributed by atoms with E-state index >= 15 is 0 Å². The molecule has 1 aromatic rings. The van der Waals surface area contributed by atoms with Crippen LogP contribution in [-0.2, 0) is 24.2 Å². The number of esters is 1. The van der Waals surface area contributed by atoms with Gasteiger partial charge in [-0.2, -0.15) is 13.5 Å². The second kappa shape index (κ2) is 7.33. The predicted molar refractivity (Wildman–Crippen MR) is 90.9 cm³/mol. The average Bonchev–Trinajstić information content (AvgIpc) is 2.85. The SMILES string of the molecule is CCCOc1cccc2c1C1CN(C(=O)N1OS(=O)(=O)O)C2C(=O)OCC. The molecule has 0 radical (unpaired) electrons. The van der Waals surface area contributed by atoms with Crippen molar-refractivity contribution in [1.29, 1.82) is 0 Å². The van der Waals surface area contributed by atoms with Gasteiger partial charge in [0.05, 0.1) is 19.8 Å². The summed E-state index contributed by atoms with van der Waals surface area (Å²) in [7, 11) is -4.94. The number of carbonyl (C=O) groups excluding carboxylic acids is 2. The van der Waals surface area contributed by atoms with Crippen LogP contribution < -0.4 is 4.74 Å². The van der Waals surface area contributed by atoms with E-state index in [0.717, 1.165) is 11.3 Å². The zero-order chi connectivity index (χ0) is 19.8. The van der Waals surface area contributed by atoms with E-state index in [1.54, 1.807) is 25.1 Å². The van der Waals surface area contributed by atoms with Gasteiger partial charge in [-0.15, -0.1) is 4.28 Å². The standard InChI is InChI=1S/C16H20N2O8S/c1-3-8-25-12-7-5-6-10-13(12)11-9-17(14(10)15(19)24-4-2)16(20)18(11)26-27(21,22)23/h5-7,11,14H,3-4,8-9H2,1-2H3,(H,21,22,23). The smallest absolute Gasteiger partial charge is 0.418 e. The molecule has 2 aliphatic rings. The Kier molecular flexibility index (Phi) is 5.27. The Labute approximate surface area is 156 Å². The Bertz CT molecular complexity index is 856. The van der Waals surface area contributed by atoms with Gasteiger partial charge < -0.3 is 14.4 Å². The van der Waals surface area contributed by atoms with Gasteiger partial charge in [-0.1, -0.05) is 19.1 Å². The Morgan fingerprint density at radius 2 is 2.07 bits per heavy atom. The van der Waals surface area contributed by atoms with Crippen LogP contribution in [0.5, 0.6) is 5.75 Å². The third kappa shape index (κ3) is 3.57. The summed E-state index contributed by atoms with van der Waals surface area (Å²) in [4.78, 5) is 26.4. The first kappa shape index (κ1) is 19.4. The molecule has 0 aliphatic carbocycles. The van der Waals surface area contributed by atoms with Crippen LogP contribution in [0.4, 0.5) is 4.79 Å². The topological polar surface area (TPSA) is 123 Å². The van der Waals surface area contributed by atoms with Gasteiger partial charge in [-0.05, 0) is 25.0 Å². The van der Waals surface area contributed by atoms with Crippen molar-refractivity contribution in [3.63, 3.8) is 0 Å². The largest absolute Gasteiger partial charge is 0.493 e. The second-order valence-electron chi connectivity index (χ2n) is 6.04. The van der Waals surface area contributed by atoms with Crippen LogP contribution in [0.25, 0.3) is 0 Å². The normalized spacial score (nSPS) is 21.2. The molecule has 1 N–H and O–H groups in total. The van der Waals surface area contributed by atoms with Crippen molar-refractivity contribution in [2.75, 3.05) is 19.8 Å². The van der Waals surface area contributed by atoms with Gasteiger partial charge in [0, 0.05) is 5.56 Å². The van der Waals surface area contributed by atoms with Crippen molar-refractivity contribution in [3.05, 3.63) is 29.3 Å². The lowest BCUT2D eigenvalue weighted by Gasteiger charge is -2.32. The molecule has 0 aromatic heterocycles. The first-order chi connectivity index (χ1) is 12.8. The van der Waals surface area contributed by atoms with E-state index in [4.69, 9.17) is 14.0 Å². The maximum absolute atomic E-state index is 12.7. The molecule has 2 aliphatic heterocycles. The third-order valence-corrected chi connectivity index (χ3v) is 4.62. The molecule has 1 aromatic carbocycles. The highest BCUT2D eigenvalue weighted by Crippen LogP contribution is 2.48. The average molecular weight is 400 g/mol. The number of hydrogen-bond donors (Lipinski definition) is 1. The molecular formula is C16H20N2O8S. The highest BCUT2D eigenvalue weighted by atomic mass is 32.3. The molecule has 2 amide bonds. The summed E-state index contributed by atoms with van der Waals surface area (Å²) in [5.74, 6) is -0.237. The molecule has 27 heavy (non-hydrogen) atoms. The number of hydrogen-bond acceptors (Lipinski definition) is 7. The van der Waals surface area contributed by atoms with Crippen LogP contribution in [-0.4, -0.2) is 54.7 Å². The maximum atomic E-state index is 12.7. The number of fused-ring (bicyclic) bond motifs is 4. The molecule has 148 valence electrons. The lowest BCUT2D eigenvalue weighted by Crippen LogP contribution is -2.39. The zero-order valence-electron chi connectivity index (χ0n) is 14.8. The number of ether oxygens (including phenoxy) is 2. The Morgan fingerprint density at radius 1 is 1.33 bits per heavy atom. The number of nitrogens with zero attached hydrogens (tertiary/aromatic N) is 2. The molecule has 1 fully saturated rings. The molecule has 1 saturated heterocycles. The van der Waals surface area contributed by atoms with Crippen LogP contribution in [0, 0.1) is 0 Å². The minimum atomic E-state index is -4.94. The molecular weight excluding hydrogens is 380 g/mol. The number of urea groups is 1. The van der Waals surface area contributed by atoms with Crippen molar-refractivity contribution in [1.82, 2.24) is 9.96 Å². The lowest BCUT2D eigenvalue weighted by molar-refractivity contribution is -0.148. The molecule has 10 nitrogen and oxygen atoms in total. The van der Waals surface area contributed by atoms with Crippen molar-refractivity contribution in [2.24, 2.45) is 0 Å². The molecule has 2 unspecified atom stereocenters. The van der Waals surface area contributed by atoms with E-state index in [1.807, 2.05) is 6.92 Å². The molecule has 0 saturated carbocycles. The first-order valence-electron chi connectivity index (χ1n) is 8.47. The second-order valence-corrected chi connectivity index (χ2v) is 7.05. The molecule has 2 heterocycles. The number of hydroxylamine groups is 2. The van der Waals surface area contributed by atoms with Crippen LogP contribution in [0.3, 0.4) is 0 Å². The number of amides is 2. The molecule has 11 heteroatoms. The quantitative estimate of drug-likeness (QED) is 0.541. The van der Waals surface area contributed by atoms with Crippen LogP contribution >= 0.6 is 0 Å². The van der Waals surface area contributed by atoms with E-state index in [-0.39, 0.29) is 13.2 Å². The fourth-order valence-corrected chi connectivity index (χ4v) is 3.72. The summed E-state index contributed by atoms with van der Waals surface area (Å²) in [5.41, 5.74) is 0.919. The summed E-state index contributed by atoms with van der Waals surface area (Å²) < 4.78 is 46.8. The van der Waals surface area contributed by atoms with Crippen molar-refractivity contribution >= 4 is 22.4 Å². The first-order valence-corrected chi connectivity index (χ1v) is 9.84. The van der Waals surface area contributed by atoms with Crippen LogP contribution in [0.1, 0.15) is 43.5 Å². The van der Waals surface area contributed by atoms with E-state index in [9.17, 15) is 18.0 Å². The fourth-order valence-electron chi connectivity index (χ4n) is 3.35. The molecule has 2 bridgehead atoms. The summed E-state index contributed by atoms with van der Waals surface area (Å²) >= 11 is 0. The van der Waals surface area contributed by atoms with Crippen molar-refractivity contribution < 1.29 is 36.3 Å². The number of benzene rings is 1. The minimum absolute atomic E-state index is 0.0165.